The van der Waals surface area contributed by atoms with Crippen LogP contribution in [0.1, 0.15) is 27.7 Å². The van der Waals surface area contributed by atoms with Crippen molar-refractivity contribution in [1.82, 2.24) is 14.5 Å². The zero-order chi connectivity index (χ0) is 17.3. The summed E-state index contributed by atoms with van der Waals surface area (Å²) in [5, 5.41) is 4.74. The fourth-order valence-corrected chi connectivity index (χ4v) is 5.08. The number of nitrogens with zero attached hydrogens (tertiary/aromatic N) is 2. The Balaban J connectivity index is 1.95. The molecule has 1 atom stereocenters. The summed E-state index contributed by atoms with van der Waals surface area (Å²) in [6, 6.07) is 3.11. The molecule has 2 heterocycles. The molecule has 0 spiro atoms. The zero-order valence-corrected chi connectivity index (χ0v) is 15.7. The largest absolute Gasteiger partial charge is 0.350 e. The van der Waals surface area contributed by atoms with Gasteiger partial charge in [-0.3, -0.25) is 9.69 Å². The predicted molar refractivity (Wildman–Crippen MR) is 92.0 cm³/mol. The average molecular weight is 360 g/mol. The maximum atomic E-state index is 12.5. The lowest BCUT2D eigenvalue weighted by Crippen LogP contribution is -2.56. The van der Waals surface area contributed by atoms with Crippen LogP contribution in [0.15, 0.2) is 21.7 Å². The number of nitrogens with one attached hydrogen (secondary N) is 1. The first-order valence-electron chi connectivity index (χ1n) is 7.71. The van der Waals surface area contributed by atoms with Gasteiger partial charge in [0, 0.05) is 31.7 Å². The quantitative estimate of drug-likeness (QED) is 0.881. The van der Waals surface area contributed by atoms with Gasteiger partial charge in [0.2, 0.25) is 5.91 Å². The lowest BCUT2D eigenvalue weighted by molar-refractivity contribution is -0.127. The molecule has 1 fully saturated rings. The minimum atomic E-state index is -3.39. The van der Waals surface area contributed by atoms with Crippen LogP contribution >= 0.6 is 11.3 Å². The summed E-state index contributed by atoms with van der Waals surface area (Å²) in [5.74, 6) is -0.0212. The predicted octanol–water partition coefficient (Wildman–Crippen LogP) is 1.36. The molecular weight excluding hydrogens is 334 g/mol. The molecule has 0 aromatic carbocycles. The molecule has 1 aliphatic heterocycles. The van der Waals surface area contributed by atoms with Gasteiger partial charge in [-0.05, 0) is 39.1 Å². The fraction of sp³-hybridized carbons (Fsp3) is 0.667. The number of carbonyl (C=O) groups excluding carboxylic acids is 1. The molecule has 1 unspecified atom stereocenters. The molecule has 130 valence electrons. The Morgan fingerprint density at radius 3 is 2.35 bits per heavy atom. The summed E-state index contributed by atoms with van der Waals surface area (Å²) in [6.45, 7) is 9.65. The van der Waals surface area contributed by atoms with E-state index in [9.17, 15) is 13.2 Å². The first-order valence-corrected chi connectivity index (χ1v) is 10.0. The van der Waals surface area contributed by atoms with E-state index in [2.05, 4.69) is 5.32 Å². The van der Waals surface area contributed by atoms with Crippen molar-refractivity contribution in [2.75, 3.05) is 26.2 Å². The molecule has 1 aliphatic rings. The minimum absolute atomic E-state index is 0.0212. The average Bonchev–Trinajstić information content (AvgIpc) is 2.99. The van der Waals surface area contributed by atoms with Gasteiger partial charge in [-0.2, -0.15) is 4.31 Å². The SMILES string of the molecule is CC(C(=O)NC(C)(C)C)N1CCN(S(=O)(=O)c2cccs2)CC1. The maximum Gasteiger partial charge on any atom is 0.252 e. The Bertz CT molecular complexity index is 627. The topological polar surface area (TPSA) is 69.7 Å². The molecule has 1 amide bonds. The molecule has 0 bridgehead atoms. The molecule has 23 heavy (non-hydrogen) atoms. The van der Waals surface area contributed by atoms with Crippen LogP contribution in [0, 0.1) is 0 Å². The molecule has 1 aromatic heterocycles. The third-order valence-corrected chi connectivity index (χ3v) is 7.06. The third-order valence-electron chi connectivity index (χ3n) is 3.79. The van der Waals surface area contributed by atoms with E-state index in [0.29, 0.717) is 30.4 Å². The van der Waals surface area contributed by atoms with Crippen molar-refractivity contribution >= 4 is 27.3 Å². The molecule has 1 N–H and O–H groups in total. The summed E-state index contributed by atoms with van der Waals surface area (Å²) < 4.78 is 26.9. The van der Waals surface area contributed by atoms with Gasteiger partial charge in [-0.25, -0.2) is 8.42 Å². The lowest BCUT2D eigenvalue weighted by atomic mass is 10.1. The molecule has 0 saturated carbocycles. The van der Waals surface area contributed by atoms with Gasteiger partial charge in [-0.15, -0.1) is 11.3 Å². The van der Waals surface area contributed by atoms with Crippen molar-refractivity contribution in [2.45, 2.75) is 43.5 Å². The normalized spacial score (nSPS) is 19.5. The number of hydrogen-bond donors (Lipinski definition) is 1. The number of sulfonamides is 1. The Hall–Kier alpha value is -0.960. The molecular formula is C15H25N3O3S2. The molecule has 0 aliphatic carbocycles. The van der Waals surface area contributed by atoms with Crippen molar-refractivity contribution in [3.63, 3.8) is 0 Å². The van der Waals surface area contributed by atoms with Crippen LogP contribution in [0.3, 0.4) is 0 Å². The van der Waals surface area contributed by atoms with Gasteiger partial charge in [0.25, 0.3) is 10.0 Å². The van der Waals surface area contributed by atoms with Gasteiger partial charge >= 0.3 is 0 Å². The zero-order valence-electron chi connectivity index (χ0n) is 14.1. The Labute approximate surface area is 142 Å². The number of amides is 1. The van der Waals surface area contributed by atoms with Gasteiger partial charge in [0.05, 0.1) is 6.04 Å². The van der Waals surface area contributed by atoms with Crippen LogP contribution < -0.4 is 5.32 Å². The van der Waals surface area contributed by atoms with Crippen LogP contribution in [0.4, 0.5) is 0 Å². The second kappa shape index (κ2) is 6.88. The van der Waals surface area contributed by atoms with E-state index >= 15 is 0 Å². The summed E-state index contributed by atoms with van der Waals surface area (Å²) in [5.41, 5.74) is -0.268. The van der Waals surface area contributed by atoms with E-state index in [1.54, 1.807) is 17.5 Å². The molecule has 0 radical (unpaired) electrons. The van der Waals surface area contributed by atoms with Crippen molar-refractivity contribution < 1.29 is 13.2 Å². The third kappa shape index (κ3) is 4.53. The van der Waals surface area contributed by atoms with Crippen LogP contribution in [0.2, 0.25) is 0 Å². The lowest BCUT2D eigenvalue weighted by Gasteiger charge is -2.37. The van der Waals surface area contributed by atoms with Crippen LogP contribution in [0.5, 0.6) is 0 Å². The van der Waals surface area contributed by atoms with Crippen molar-refractivity contribution in [3.05, 3.63) is 17.5 Å². The van der Waals surface area contributed by atoms with Crippen molar-refractivity contribution in [1.29, 1.82) is 0 Å². The second-order valence-corrected chi connectivity index (χ2v) is 9.90. The Kier molecular flexibility index (Phi) is 5.50. The highest BCUT2D eigenvalue weighted by Crippen LogP contribution is 2.22. The van der Waals surface area contributed by atoms with E-state index < -0.39 is 10.0 Å². The Morgan fingerprint density at radius 1 is 1.26 bits per heavy atom. The van der Waals surface area contributed by atoms with E-state index in [1.165, 1.54) is 15.6 Å². The standard InChI is InChI=1S/C15H25N3O3S2/c1-12(14(19)16-15(2,3)4)17-7-9-18(10-8-17)23(20,21)13-6-5-11-22-13/h5-6,11-12H,7-10H2,1-4H3,(H,16,19). The van der Waals surface area contributed by atoms with E-state index in [4.69, 9.17) is 0 Å². The van der Waals surface area contributed by atoms with E-state index in [-0.39, 0.29) is 17.5 Å². The van der Waals surface area contributed by atoms with Gasteiger partial charge in [0.1, 0.15) is 4.21 Å². The highest BCUT2D eigenvalue weighted by molar-refractivity contribution is 7.91. The number of rotatable bonds is 4. The summed E-state index contributed by atoms with van der Waals surface area (Å²) in [7, 11) is -3.39. The summed E-state index contributed by atoms with van der Waals surface area (Å²) >= 11 is 1.23. The van der Waals surface area contributed by atoms with Crippen molar-refractivity contribution in [2.24, 2.45) is 0 Å². The number of carbonyl (C=O) groups is 1. The number of piperazine rings is 1. The van der Waals surface area contributed by atoms with Gasteiger partial charge < -0.3 is 5.32 Å². The number of thiophene rings is 1. The van der Waals surface area contributed by atoms with Gasteiger partial charge in [0.15, 0.2) is 0 Å². The van der Waals surface area contributed by atoms with Gasteiger partial charge in [-0.1, -0.05) is 6.07 Å². The molecule has 8 heteroatoms. The van der Waals surface area contributed by atoms with Crippen LogP contribution in [0.25, 0.3) is 0 Å². The number of hydrogen-bond acceptors (Lipinski definition) is 5. The molecule has 1 aromatic rings. The first kappa shape index (κ1) is 18.4. The smallest absolute Gasteiger partial charge is 0.252 e. The highest BCUT2D eigenvalue weighted by atomic mass is 32.2. The summed E-state index contributed by atoms with van der Waals surface area (Å²) in [4.78, 5) is 14.3. The highest BCUT2D eigenvalue weighted by Gasteiger charge is 2.32. The molecule has 2 rings (SSSR count). The monoisotopic (exact) mass is 359 g/mol. The first-order chi connectivity index (χ1) is 10.6. The molecule has 6 nitrogen and oxygen atoms in total. The molecule has 1 saturated heterocycles. The van der Waals surface area contributed by atoms with E-state index in [1.807, 2.05) is 32.6 Å². The summed E-state index contributed by atoms with van der Waals surface area (Å²) in [6.07, 6.45) is 0. The van der Waals surface area contributed by atoms with Crippen LogP contribution in [-0.4, -0.2) is 61.3 Å². The van der Waals surface area contributed by atoms with Crippen molar-refractivity contribution in [3.8, 4) is 0 Å². The maximum absolute atomic E-state index is 12.5. The van der Waals surface area contributed by atoms with Crippen LogP contribution in [-0.2, 0) is 14.8 Å². The minimum Gasteiger partial charge on any atom is -0.350 e. The fourth-order valence-electron chi connectivity index (χ4n) is 2.51. The Morgan fingerprint density at radius 2 is 1.87 bits per heavy atom. The van der Waals surface area contributed by atoms with E-state index in [0.717, 1.165) is 0 Å². The second-order valence-electron chi connectivity index (χ2n) is 6.79.